The molecule has 0 atom stereocenters. The van der Waals surface area contributed by atoms with E-state index in [9.17, 15) is 14.3 Å². The Morgan fingerprint density at radius 3 is 2.79 bits per heavy atom. The largest absolute Gasteiger partial charge is 0.504 e. The van der Waals surface area contributed by atoms with Crippen molar-refractivity contribution in [1.82, 2.24) is 0 Å². The van der Waals surface area contributed by atoms with Gasteiger partial charge in [-0.15, -0.1) is 11.6 Å². The molecular weight excluding hydrogens is 211 g/mol. The van der Waals surface area contributed by atoms with E-state index in [4.69, 9.17) is 11.6 Å². The average Bonchev–Trinajstić information content (AvgIpc) is 2.19. The van der Waals surface area contributed by atoms with Crippen molar-refractivity contribution >= 4 is 17.4 Å². The fourth-order valence-electron chi connectivity index (χ4n) is 1.01. The molecule has 0 aliphatic heterocycles. The van der Waals surface area contributed by atoms with Crippen LogP contribution < -0.4 is 4.74 Å². The van der Waals surface area contributed by atoms with Gasteiger partial charge in [-0.3, -0.25) is 4.79 Å². The number of carbonyl (C=O) groups is 1. The third-order valence-electron chi connectivity index (χ3n) is 1.68. The highest BCUT2D eigenvalue weighted by Crippen LogP contribution is 2.31. The van der Waals surface area contributed by atoms with Crippen molar-refractivity contribution in [3.05, 3.63) is 23.5 Å². The smallest absolute Gasteiger partial charge is 0.181 e. The Hall–Kier alpha value is -1.29. The third-order valence-corrected chi connectivity index (χ3v) is 1.92. The Morgan fingerprint density at radius 1 is 1.64 bits per heavy atom. The van der Waals surface area contributed by atoms with Crippen molar-refractivity contribution < 1.29 is 19.0 Å². The van der Waals surface area contributed by atoms with Gasteiger partial charge in [-0.05, 0) is 6.07 Å². The summed E-state index contributed by atoms with van der Waals surface area (Å²) in [6, 6.07) is 1.91. The van der Waals surface area contributed by atoms with Gasteiger partial charge in [0.1, 0.15) is 5.82 Å². The van der Waals surface area contributed by atoms with Crippen LogP contribution in [0.15, 0.2) is 12.1 Å². The van der Waals surface area contributed by atoms with E-state index in [1.165, 1.54) is 7.11 Å². The molecule has 1 aromatic rings. The summed E-state index contributed by atoms with van der Waals surface area (Å²) in [4.78, 5) is 11.1. The van der Waals surface area contributed by atoms with Crippen molar-refractivity contribution in [3.8, 4) is 11.5 Å². The van der Waals surface area contributed by atoms with E-state index >= 15 is 0 Å². The number of hydrogen-bond donors (Lipinski definition) is 1. The van der Waals surface area contributed by atoms with Crippen LogP contribution in [-0.4, -0.2) is 23.9 Å². The van der Waals surface area contributed by atoms with E-state index in [1.54, 1.807) is 0 Å². The van der Waals surface area contributed by atoms with Gasteiger partial charge in [0, 0.05) is 6.07 Å². The van der Waals surface area contributed by atoms with Gasteiger partial charge < -0.3 is 9.84 Å². The maximum absolute atomic E-state index is 12.9. The summed E-state index contributed by atoms with van der Waals surface area (Å²) in [5.74, 6) is -2.01. The van der Waals surface area contributed by atoms with Crippen molar-refractivity contribution in [2.24, 2.45) is 0 Å². The molecule has 3 nitrogen and oxygen atoms in total. The number of ketones is 1. The molecule has 5 heteroatoms. The standard InChI is InChI=1S/C9H8ClFO3/c1-14-8-3-5(11)2-6(9(8)13)7(12)4-10/h2-3,13H,4H2,1H3. The fourth-order valence-corrected chi connectivity index (χ4v) is 1.16. The number of alkyl halides is 1. The number of halogens is 2. The first-order chi connectivity index (χ1) is 6.60. The molecule has 0 saturated carbocycles. The zero-order valence-corrected chi connectivity index (χ0v) is 8.14. The Balaban J connectivity index is 3.29. The number of rotatable bonds is 3. The molecular formula is C9H8ClFO3. The van der Waals surface area contributed by atoms with Crippen LogP contribution in [0, 0.1) is 5.82 Å². The van der Waals surface area contributed by atoms with Gasteiger partial charge in [-0.1, -0.05) is 0 Å². The highest BCUT2D eigenvalue weighted by molar-refractivity contribution is 6.30. The molecule has 0 unspecified atom stereocenters. The van der Waals surface area contributed by atoms with Crippen LogP contribution >= 0.6 is 11.6 Å². The normalized spacial score (nSPS) is 9.93. The lowest BCUT2D eigenvalue weighted by molar-refractivity contribution is 0.101. The predicted octanol–water partition coefficient (Wildman–Crippen LogP) is 1.96. The third kappa shape index (κ3) is 1.96. The summed E-state index contributed by atoms with van der Waals surface area (Å²) in [6.45, 7) is 0. The number of hydrogen-bond acceptors (Lipinski definition) is 3. The number of carbonyl (C=O) groups excluding carboxylic acids is 1. The molecule has 0 bridgehead atoms. The van der Waals surface area contributed by atoms with E-state index in [1.807, 2.05) is 0 Å². The maximum Gasteiger partial charge on any atom is 0.181 e. The number of benzene rings is 1. The molecule has 1 aromatic carbocycles. The zero-order valence-electron chi connectivity index (χ0n) is 7.38. The molecule has 76 valence electrons. The molecule has 0 aliphatic carbocycles. The summed E-state index contributed by atoms with van der Waals surface area (Å²) in [5.41, 5.74) is -0.170. The first-order valence-corrected chi connectivity index (χ1v) is 4.29. The molecule has 1 N–H and O–H groups in total. The second-order valence-corrected chi connectivity index (χ2v) is 2.83. The maximum atomic E-state index is 12.9. The first-order valence-electron chi connectivity index (χ1n) is 3.75. The molecule has 0 fully saturated rings. The van der Waals surface area contributed by atoms with Crippen molar-refractivity contribution in [1.29, 1.82) is 0 Å². The van der Waals surface area contributed by atoms with E-state index in [2.05, 4.69) is 4.74 Å². The van der Waals surface area contributed by atoms with Crippen LogP contribution in [0.1, 0.15) is 10.4 Å². The number of methoxy groups -OCH3 is 1. The van der Waals surface area contributed by atoms with E-state index in [0.717, 1.165) is 12.1 Å². The summed E-state index contributed by atoms with van der Waals surface area (Å²) in [7, 11) is 1.27. The van der Waals surface area contributed by atoms with Crippen LogP contribution in [0.2, 0.25) is 0 Å². The number of Topliss-reactive ketones (excluding diaryl/α,β-unsaturated/α-hetero) is 1. The molecule has 0 heterocycles. The minimum Gasteiger partial charge on any atom is -0.504 e. The molecule has 0 radical (unpaired) electrons. The van der Waals surface area contributed by atoms with Crippen molar-refractivity contribution in [2.75, 3.05) is 13.0 Å². The SMILES string of the molecule is COc1cc(F)cc(C(=O)CCl)c1O. The predicted molar refractivity (Wildman–Crippen MR) is 49.7 cm³/mol. The summed E-state index contributed by atoms with van der Waals surface area (Å²) in [6.07, 6.45) is 0. The number of aromatic hydroxyl groups is 1. The summed E-state index contributed by atoms with van der Waals surface area (Å²) >= 11 is 5.28. The topological polar surface area (TPSA) is 46.5 Å². The highest BCUT2D eigenvalue weighted by atomic mass is 35.5. The van der Waals surface area contributed by atoms with Gasteiger partial charge in [-0.25, -0.2) is 4.39 Å². The molecule has 0 aliphatic rings. The Labute approximate surface area is 85.1 Å². The molecule has 0 amide bonds. The van der Waals surface area contributed by atoms with Crippen LogP contribution in [0.3, 0.4) is 0 Å². The van der Waals surface area contributed by atoms with Gasteiger partial charge in [0.15, 0.2) is 17.3 Å². The van der Waals surface area contributed by atoms with Crippen molar-refractivity contribution in [2.45, 2.75) is 0 Å². The molecule has 0 spiro atoms. The van der Waals surface area contributed by atoms with E-state index < -0.39 is 11.6 Å². The van der Waals surface area contributed by atoms with Gasteiger partial charge in [0.25, 0.3) is 0 Å². The van der Waals surface area contributed by atoms with E-state index in [-0.39, 0.29) is 22.9 Å². The summed E-state index contributed by atoms with van der Waals surface area (Å²) < 4.78 is 17.6. The average molecular weight is 219 g/mol. The second-order valence-electron chi connectivity index (χ2n) is 2.56. The summed E-state index contributed by atoms with van der Waals surface area (Å²) in [5, 5.41) is 9.44. The van der Waals surface area contributed by atoms with E-state index in [0.29, 0.717) is 0 Å². The Bertz CT molecular complexity index is 365. The quantitative estimate of drug-likeness (QED) is 0.623. The molecule has 0 saturated heterocycles. The van der Waals surface area contributed by atoms with Gasteiger partial charge in [0.05, 0.1) is 18.6 Å². The number of phenolic OH excluding ortho intramolecular Hbond substituents is 1. The van der Waals surface area contributed by atoms with Gasteiger partial charge in [0.2, 0.25) is 0 Å². The second kappa shape index (κ2) is 4.28. The monoisotopic (exact) mass is 218 g/mol. The highest BCUT2D eigenvalue weighted by Gasteiger charge is 2.16. The molecule has 1 rings (SSSR count). The minimum absolute atomic E-state index is 0.0848. The zero-order chi connectivity index (χ0) is 10.7. The van der Waals surface area contributed by atoms with Crippen LogP contribution in [0.4, 0.5) is 4.39 Å². The van der Waals surface area contributed by atoms with Gasteiger partial charge in [-0.2, -0.15) is 0 Å². The van der Waals surface area contributed by atoms with Crippen LogP contribution in [0.5, 0.6) is 11.5 Å². The molecule has 14 heavy (non-hydrogen) atoms. The minimum atomic E-state index is -0.659. The fraction of sp³-hybridized carbons (Fsp3) is 0.222. The first kappa shape index (κ1) is 10.8. The molecule has 0 aromatic heterocycles. The lowest BCUT2D eigenvalue weighted by Gasteiger charge is -2.07. The van der Waals surface area contributed by atoms with Crippen LogP contribution in [-0.2, 0) is 0 Å². The van der Waals surface area contributed by atoms with Gasteiger partial charge >= 0.3 is 0 Å². The van der Waals surface area contributed by atoms with Crippen LogP contribution in [0.25, 0.3) is 0 Å². The Morgan fingerprint density at radius 2 is 2.29 bits per heavy atom. The number of phenols is 1. The lowest BCUT2D eigenvalue weighted by Crippen LogP contribution is -2.02. The Kier molecular flexibility index (Phi) is 3.30. The number of ether oxygens (including phenoxy) is 1. The van der Waals surface area contributed by atoms with Crippen molar-refractivity contribution in [3.63, 3.8) is 0 Å². The lowest BCUT2D eigenvalue weighted by atomic mass is 10.1.